The summed E-state index contributed by atoms with van der Waals surface area (Å²) in [6.45, 7) is 11.8. The van der Waals surface area contributed by atoms with Gasteiger partial charge in [0.1, 0.15) is 34.2 Å². The third-order valence-electron chi connectivity index (χ3n) is 11.6. The zero-order valence-electron chi connectivity index (χ0n) is 38.0. The Morgan fingerprint density at radius 1 is 0.536 bits per heavy atom. The maximum absolute atomic E-state index is 14.6. The highest BCUT2D eigenvalue weighted by molar-refractivity contribution is 6.14. The van der Waals surface area contributed by atoms with Crippen LogP contribution >= 0.6 is 0 Å². The van der Waals surface area contributed by atoms with Crippen LogP contribution in [-0.4, -0.2) is 54.1 Å². The van der Waals surface area contributed by atoms with Crippen molar-refractivity contribution in [1.29, 1.82) is 0 Å². The molecule has 0 spiro atoms. The summed E-state index contributed by atoms with van der Waals surface area (Å²) in [5, 5.41) is 42.1. The second-order valence-electron chi connectivity index (χ2n) is 18.8. The Morgan fingerprint density at radius 3 is 1.35 bits per heavy atom. The molecule has 4 aromatic carbocycles. The first kappa shape index (κ1) is 43.8. The number of hydrogen-bond donors (Lipinski definition) is 8. The van der Waals surface area contributed by atoms with Crippen LogP contribution in [0.1, 0.15) is 96.7 Å². The molecule has 0 radical (unpaired) electrons. The lowest BCUT2D eigenvalue weighted by Gasteiger charge is -2.12. The highest BCUT2D eigenvalue weighted by atomic mass is 16.5. The normalized spacial score (nSPS) is 12.0. The minimum atomic E-state index is -0.555. The quantitative estimate of drug-likeness (QED) is 0.0595. The van der Waals surface area contributed by atoms with Crippen LogP contribution in [0.4, 0.5) is 32.6 Å². The number of carbonyl (C=O) groups excluding carboxylic acids is 4. The lowest BCUT2D eigenvalue weighted by molar-refractivity contribution is 0.100. The number of ketones is 2. The van der Waals surface area contributed by atoms with E-state index in [4.69, 9.17) is 17.9 Å². The number of furan rings is 2. The van der Waals surface area contributed by atoms with E-state index in [2.05, 4.69) is 41.5 Å². The van der Waals surface area contributed by atoms with E-state index in [0.717, 1.165) is 0 Å². The molecular weight excluding hydrogens is 885 g/mol. The van der Waals surface area contributed by atoms with Crippen molar-refractivity contribution >= 4 is 90.4 Å². The number of nitrogens with one attached hydrogen (secondary N) is 6. The summed E-state index contributed by atoms with van der Waals surface area (Å²) in [5.41, 5.74) is 3.20. The van der Waals surface area contributed by atoms with Gasteiger partial charge >= 0.3 is 12.1 Å². The number of aromatic nitrogens is 4. The van der Waals surface area contributed by atoms with Crippen molar-refractivity contribution < 1.29 is 47.3 Å². The number of nitrogens with zero attached hydrogens (tertiary/aromatic N) is 2. The zero-order chi connectivity index (χ0) is 48.5. The fraction of sp³-hybridized carbons (Fsp3) is 0.176. The molecule has 6 aromatic heterocycles. The molecule has 0 bridgehead atoms. The summed E-state index contributed by atoms with van der Waals surface area (Å²) in [7, 11) is 0. The van der Waals surface area contributed by atoms with Gasteiger partial charge in [0, 0.05) is 73.3 Å². The van der Waals surface area contributed by atoms with E-state index in [-0.39, 0.29) is 63.3 Å². The largest absolute Gasteiger partial charge is 0.508 e. The highest BCUT2D eigenvalue weighted by Crippen LogP contribution is 2.37. The van der Waals surface area contributed by atoms with Crippen LogP contribution in [0.3, 0.4) is 0 Å². The summed E-state index contributed by atoms with van der Waals surface area (Å²) < 4.78 is 22.9. The summed E-state index contributed by atoms with van der Waals surface area (Å²) in [6.07, 6.45) is -0.0343. The van der Waals surface area contributed by atoms with Crippen molar-refractivity contribution in [1.82, 2.24) is 20.3 Å². The number of anilines is 4. The maximum atomic E-state index is 14.6. The average molecular weight is 929 g/mol. The van der Waals surface area contributed by atoms with E-state index in [1.807, 2.05) is 41.5 Å². The van der Waals surface area contributed by atoms with E-state index >= 15 is 0 Å². The van der Waals surface area contributed by atoms with Gasteiger partial charge in [0.05, 0.1) is 11.4 Å². The van der Waals surface area contributed by atoms with Gasteiger partial charge in [0.15, 0.2) is 23.2 Å². The van der Waals surface area contributed by atoms with Crippen LogP contribution in [0.2, 0.25) is 0 Å². The molecule has 0 aliphatic carbocycles. The third-order valence-corrected chi connectivity index (χ3v) is 11.6. The first-order chi connectivity index (χ1) is 32.8. The molecule has 6 heterocycles. The molecule has 0 saturated heterocycles. The van der Waals surface area contributed by atoms with Crippen LogP contribution < -0.4 is 21.3 Å². The van der Waals surface area contributed by atoms with E-state index < -0.39 is 23.6 Å². The van der Waals surface area contributed by atoms with E-state index in [1.54, 1.807) is 72.8 Å². The second kappa shape index (κ2) is 16.4. The molecule has 0 atom stereocenters. The Morgan fingerprint density at radius 2 is 0.957 bits per heavy atom. The standard InChI is InChI=1S/C51H44N8O10/c1-50(2,3)40-22-42(58-68-40)56-48(64)52-26-7-13-36-24(15-26)17-38(66-36)46(62)44-32(30-19-28(60)9-11-34(30)54-44)21-33-31-20-29(61)10-12-35(31)55-45(33)47(63)39-18-25-16-27(8-14-37(25)67-39)53-49(65)57-43-23-41(69-59-43)51(4,5)6/h7-20,22-23,54-55,60-61H,21H2,1-6H3,(H2,52,56,58,64)(H2,53,57,59,65). The summed E-state index contributed by atoms with van der Waals surface area (Å²) in [5.74, 6) is 0.525. The maximum Gasteiger partial charge on any atom is 0.324 e. The Kier molecular flexibility index (Phi) is 10.4. The number of H-pyrrole nitrogens is 2. The van der Waals surface area contributed by atoms with Crippen LogP contribution in [-0.2, 0) is 17.3 Å². The predicted molar refractivity (Wildman–Crippen MR) is 258 cm³/mol. The summed E-state index contributed by atoms with van der Waals surface area (Å²) in [4.78, 5) is 61.4. The Labute approximate surface area is 391 Å². The van der Waals surface area contributed by atoms with Crippen molar-refractivity contribution in [2.24, 2.45) is 0 Å². The molecule has 0 aliphatic rings. The number of aromatic hydroxyl groups is 2. The van der Waals surface area contributed by atoms with Gasteiger partial charge in [0.25, 0.3) is 0 Å². The summed E-state index contributed by atoms with van der Waals surface area (Å²) in [6, 6.07) is 24.5. The van der Waals surface area contributed by atoms with Crippen molar-refractivity contribution in [3.8, 4) is 11.5 Å². The van der Waals surface area contributed by atoms with Gasteiger partial charge in [-0.15, -0.1) is 0 Å². The molecular formula is C51H44N8O10. The molecule has 69 heavy (non-hydrogen) atoms. The molecule has 0 saturated carbocycles. The first-order valence-electron chi connectivity index (χ1n) is 21.8. The van der Waals surface area contributed by atoms with Gasteiger partial charge in [-0.2, -0.15) is 0 Å². The van der Waals surface area contributed by atoms with Crippen LogP contribution in [0.5, 0.6) is 11.5 Å². The molecule has 18 heteroatoms. The number of aromatic amines is 2. The molecule has 10 aromatic rings. The molecule has 18 nitrogen and oxygen atoms in total. The van der Waals surface area contributed by atoms with Crippen molar-refractivity contribution in [3.63, 3.8) is 0 Å². The van der Waals surface area contributed by atoms with Gasteiger partial charge < -0.3 is 48.7 Å². The number of carbonyl (C=O) groups is 4. The number of amides is 4. The SMILES string of the molecule is CC(C)(C)c1cc(NC(=O)Nc2ccc3oc(C(=O)c4[nH]c5ccc(O)cc5c4Cc4c(C(=O)c5cc6cc(NC(=O)Nc7cc(C(C)(C)C)on7)ccc6o5)[nH]c5ccc(O)cc45)cc3c2)no1. The monoisotopic (exact) mass is 928 g/mol. The number of fused-ring (bicyclic) bond motifs is 4. The first-order valence-corrected chi connectivity index (χ1v) is 21.8. The lowest BCUT2D eigenvalue weighted by Crippen LogP contribution is -2.19. The number of urea groups is 2. The molecule has 0 fully saturated rings. The van der Waals surface area contributed by atoms with E-state index in [9.17, 15) is 29.4 Å². The molecule has 0 aliphatic heterocycles. The Bertz CT molecular complexity index is 3460. The number of phenolic OH excluding ortho intramolecular Hbond substituents is 2. The van der Waals surface area contributed by atoms with Crippen molar-refractivity contribution in [2.45, 2.75) is 58.8 Å². The highest BCUT2D eigenvalue weighted by Gasteiger charge is 2.29. The smallest absolute Gasteiger partial charge is 0.324 e. The summed E-state index contributed by atoms with van der Waals surface area (Å²) >= 11 is 0. The Balaban J connectivity index is 0.939. The second-order valence-corrected chi connectivity index (χ2v) is 18.8. The van der Waals surface area contributed by atoms with E-state index in [0.29, 0.717) is 77.8 Å². The van der Waals surface area contributed by atoms with Gasteiger partial charge in [-0.1, -0.05) is 51.9 Å². The predicted octanol–water partition coefficient (Wildman–Crippen LogP) is 11.5. The Hall–Kier alpha value is -9.06. The zero-order valence-corrected chi connectivity index (χ0v) is 38.0. The van der Waals surface area contributed by atoms with Crippen LogP contribution in [0, 0.1) is 0 Å². The molecule has 348 valence electrons. The van der Waals surface area contributed by atoms with Crippen LogP contribution in [0.15, 0.2) is 115 Å². The van der Waals surface area contributed by atoms with Crippen LogP contribution in [0.25, 0.3) is 43.7 Å². The lowest BCUT2D eigenvalue weighted by atomic mass is 9.93. The van der Waals surface area contributed by atoms with Gasteiger partial charge in [-0.05, 0) is 96.1 Å². The minimum absolute atomic E-state index is 0.0183. The molecule has 4 amide bonds. The van der Waals surface area contributed by atoms with Gasteiger partial charge in [-0.25, -0.2) is 9.59 Å². The fourth-order valence-corrected chi connectivity index (χ4v) is 8.05. The fourth-order valence-electron chi connectivity index (χ4n) is 8.05. The average Bonchev–Trinajstić information content (AvgIpc) is 4.15. The number of benzene rings is 4. The van der Waals surface area contributed by atoms with Crippen molar-refractivity contribution in [3.05, 3.63) is 143 Å². The van der Waals surface area contributed by atoms with E-state index in [1.165, 1.54) is 24.3 Å². The third kappa shape index (κ3) is 8.61. The number of hydrogen-bond acceptors (Lipinski definition) is 12. The van der Waals surface area contributed by atoms with Crippen molar-refractivity contribution in [2.75, 3.05) is 21.3 Å². The van der Waals surface area contributed by atoms with Gasteiger partial charge in [-0.3, -0.25) is 20.2 Å². The molecule has 8 N–H and O–H groups in total. The van der Waals surface area contributed by atoms with Gasteiger partial charge in [0.2, 0.25) is 11.6 Å². The number of phenols is 2. The topological polar surface area (TPSA) is 267 Å². The number of rotatable bonds is 10. The minimum Gasteiger partial charge on any atom is -0.508 e. The molecule has 0 unspecified atom stereocenters. The molecule has 10 rings (SSSR count).